The van der Waals surface area contributed by atoms with E-state index in [1.807, 2.05) is 6.92 Å². The molecule has 2 atom stereocenters. The van der Waals surface area contributed by atoms with Gasteiger partial charge in [-0.3, -0.25) is 15.2 Å². The first-order chi connectivity index (χ1) is 12.2. The number of hydrazine groups is 1. The largest absolute Gasteiger partial charge is 0.484 e. The maximum absolute atomic E-state index is 11.8. The Morgan fingerprint density at radius 2 is 2.19 bits per heavy atom. The van der Waals surface area contributed by atoms with E-state index < -0.39 is 17.3 Å². The molecule has 2 aliphatic heterocycles. The average Bonchev–Trinajstić information content (AvgIpc) is 2.60. The third kappa shape index (κ3) is 2.86. The summed E-state index contributed by atoms with van der Waals surface area (Å²) in [5.41, 5.74) is 1.67. The van der Waals surface area contributed by atoms with E-state index in [-0.39, 0.29) is 12.3 Å². The minimum Gasteiger partial charge on any atom is -0.484 e. The molecule has 0 bridgehead atoms. The van der Waals surface area contributed by atoms with Crippen molar-refractivity contribution < 1.29 is 19.4 Å². The Morgan fingerprint density at radius 1 is 1.46 bits per heavy atom. The third-order valence-electron chi connectivity index (χ3n) is 5.09. The highest BCUT2D eigenvalue weighted by atomic mass is 16.6. The van der Waals surface area contributed by atoms with Crippen LogP contribution in [0.2, 0.25) is 0 Å². The zero-order valence-corrected chi connectivity index (χ0v) is 15.4. The predicted octanol–water partition coefficient (Wildman–Crippen LogP) is 2.14. The van der Waals surface area contributed by atoms with Crippen LogP contribution in [0.25, 0.3) is 0 Å². The van der Waals surface area contributed by atoms with Crippen molar-refractivity contribution in [2.75, 3.05) is 6.54 Å². The second-order valence-corrected chi connectivity index (χ2v) is 7.14. The van der Waals surface area contributed by atoms with Gasteiger partial charge in [-0.2, -0.15) is 5.26 Å². The van der Waals surface area contributed by atoms with Crippen LogP contribution >= 0.6 is 0 Å². The van der Waals surface area contributed by atoms with Crippen LogP contribution in [0.4, 0.5) is 0 Å². The van der Waals surface area contributed by atoms with Crippen molar-refractivity contribution in [3.63, 3.8) is 0 Å². The number of nitrogens with zero attached hydrogens (tertiary/aromatic N) is 2. The standard InChI is InChI=1S/C19H23N3O4/c1-5-22-16(23)9-8-15(21-22)25-17-13-10-12(11-20)6-7-14(13)26-18(2,3)19(17,4)24/h6-8,10,17,21,24H,5,9H2,1-4H3. The minimum absolute atomic E-state index is 0.0499. The fourth-order valence-corrected chi connectivity index (χ4v) is 3.08. The third-order valence-corrected chi connectivity index (χ3v) is 5.09. The first-order valence-corrected chi connectivity index (χ1v) is 8.59. The summed E-state index contributed by atoms with van der Waals surface area (Å²) >= 11 is 0. The lowest BCUT2D eigenvalue weighted by molar-refractivity contribution is -0.192. The van der Waals surface area contributed by atoms with E-state index in [2.05, 4.69) is 11.5 Å². The summed E-state index contributed by atoms with van der Waals surface area (Å²) < 4.78 is 12.1. The lowest BCUT2D eigenvalue weighted by Crippen LogP contribution is -2.59. The van der Waals surface area contributed by atoms with E-state index in [1.165, 1.54) is 5.01 Å². The zero-order chi connectivity index (χ0) is 19.1. The summed E-state index contributed by atoms with van der Waals surface area (Å²) in [6.07, 6.45) is 1.09. The highest BCUT2D eigenvalue weighted by Crippen LogP contribution is 2.48. The minimum atomic E-state index is -1.38. The van der Waals surface area contributed by atoms with Gasteiger partial charge in [-0.1, -0.05) is 0 Å². The van der Waals surface area contributed by atoms with Gasteiger partial charge in [-0.15, -0.1) is 0 Å². The number of carbonyl (C=O) groups is 1. The number of ether oxygens (including phenoxy) is 2. The molecule has 0 aliphatic carbocycles. The molecule has 2 N–H and O–H groups in total. The number of rotatable bonds is 3. The van der Waals surface area contributed by atoms with Gasteiger partial charge in [0.1, 0.15) is 17.0 Å². The molecule has 26 heavy (non-hydrogen) atoms. The molecule has 0 spiro atoms. The molecular weight excluding hydrogens is 334 g/mol. The first-order valence-electron chi connectivity index (χ1n) is 8.59. The van der Waals surface area contributed by atoms with E-state index >= 15 is 0 Å². The van der Waals surface area contributed by atoms with Crippen molar-refractivity contribution in [3.8, 4) is 11.8 Å². The van der Waals surface area contributed by atoms with E-state index in [0.29, 0.717) is 29.3 Å². The van der Waals surface area contributed by atoms with Crippen molar-refractivity contribution in [1.82, 2.24) is 10.4 Å². The summed E-state index contributed by atoms with van der Waals surface area (Å²) in [6, 6.07) is 7.14. The van der Waals surface area contributed by atoms with Gasteiger partial charge in [0.05, 0.1) is 18.1 Å². The van der Waals surface area contributed by atoms with Gasteiger partial charge in [0, 0.05) is 12.1 Å². The molecule has 0 saturated carbocycles. The van der Waals surface area contributed by atoms with E-state index in [4.69, 9.17) is 9.47 Å². The summed E-state index contributed by atoms with van der Waals surface area (Å²) in [4.78, 5) is 11.8. The molecule has 2 unspecified atom stereocenters. The first kappa shape index (κ1) is 18.1. The number of nitriles is 1. The highest BCUT2D eigenvalue weighted by Gasteiger charge is 2.54. The van der Waals surface area contributed by atoms with Crippen LogP contribution in [0, 0.1) is 11.3 Å². The maximum Gasteiger partial charge on any atom is 0.244 e. The van der Waals surface area contributed by atoms with E-state index in [1.54, 1.807) is 45.0 Å². The Bertz CT molecular complexity index is 807. The van der Waals surface area contributed by atoms with Crippen molar-refractivity contribution in [1.29, 1.82) is 5.26 Å². The monoisotopic (exact) mass is 357 g/mol. The van der Waals surface area contributed by atoms with Crippen LogP contribution < -0.4 is 10.2 Å². The van der Waals surface area contributed by atoms with Gasteiger partial charge in [0.2, 0.25) is 11.8 Å². The normalized spacial score (nSPS) is 26.8. The molecule has 1 amide bonds. The number of fused-ring (bicyclic) bond motifs is 1. The number of hydrogen-bond donors (Lipinski definition) is 2. The topological polar surface area (TPSA) is 94.8 Å². The lowest BCUT2D eigenvalue weighted by Gasteiger charge is -2.49. The van der Waals surface area contributed by atoms with Gasteiger partial charge < -0.3 is 14.6 Å². The van der Waals surface area contributed by atoms with Crippen LogP contribution in [0.3, 0.4) is 0 Å². The Morgan fingerprint density at radius 3 is 2.85 bits per heavy atom. The quantitative estimate of drug-likeness (QED) is 0.861. The van der Waals surface area contributed by atoms with Gasteiger partial charge in [-0.05, 0) is 52.0 Å². The van der Waals surface area contributed by atoms with Crippen molar-refractivity contribution >= 4 is 5.91 Å². The van der Waals surface area contributed by atoms with Crippen molar-refractivity contribution in [3.05, 3.63) is 41.3 Å². The summed E-state index contributed by atoms with van der Waals surface area (Å²) in [5, 5.41) is 21.9. The van der Waals surface area contributed by atoms with E-state index in [9.17, 15) is 15.2 Å². The smallest absolute Gasteiger partial charge is 0.244 e. The molecule has 0 fully saturated rings. The Hall–Kier alpha value is -2.72. The molecule has 0 saturated heterocycles. The number of benzene rings is 1. The SMILES string of the molecule is CCN1NC(OC2c3cc(C#N)ccc3OC(C)(C)C2(C)O)=CCC1=O. The number of aliphatic hydroxyl groups is 1. The van der Waals surface area contributed by atoms with Crippen molar-refractivity contribution in [2.24, 2.45) is 0 Å². The Labute approximate surface area is 152 Å². The van der Waals surface area contributed by atoms with Gasteiger partial charge in [-0.25, -0.2) is 0 Å². The predicted molar refractivity (Wildman–Crippen MR) is 93.5 cm³/mol. The zero-order valence-electron chi connectivity index (χ0n) is 15.4. The molecule has 1 aromatic rings. The van der Waals surface area contributed by atoms with Crippen LogP contribution in [-0.4, -0.2) is 33.8 Å². The summed E-state index contributed by atoms with van der Waals surface area (Å²) in [6.45, 7) is 7.57. The van der Waals surface area contributed by atoms with Gasteiger partial charge in [0.25, 0.3) is 0 Å². The van der Waals surface area contributed by atoms with Crippen LogP contribution in [-0.2, 0) is 9.53 Å². The molecule has 138 valence electrons. The second kappa shape index (κ2) is 6.22. The van der Waals surface area contributed by atoms with Crippen molar-refractivity contribution in [2.45, 2.75) is 51.4 Å². The number of nitrogens with one attached hydrogen (secondary N) is 1. The summed E-state index contributed by atoms with van der Waals surface area (Å²) in [5.74, 6) is 0.902. The maximum atomic E-state index is 11.8. The fourth-order valence-electron chi connectivity index (χ4n) is 3.08. The molecule has 7 heteroatoms. The van der Waals surface area contributed by atoms with Crippen LogP contribution in [0.1, 0.15) is 51.3 Å². The van der Waals surface area contributed by atoms with Crippen LogP contribution in [0.15, 0.2) is 30.2 Å². The molecule has 3 rings (SSSR count). The molecule has 0 radical (unpaired) electrons. The average molecular weight is 357 g/mol. The fraction of sp³-hybridized carbons (Fsp3) is 0.474. The molecular formula is C19H23N3O4. The molecule has 0 aromatic heterocycles. The van der Waals surface area contributed by atoms with E-state index in [0.717, 1.165) is 0 Å². The molecule has 2 aliphatic rings. The number of amides is 1. The molecule has 1 aromatic carbocycles. The number of carbonyl (C=O) groups excluding carboxylic acids is 1. The second-order valence-electron chi connectivity index (χ2n) is 7.14. The lowest BCUT2D eigenvalue weighted by atomic mass is 9.77. The highest BCUT2D eigenvalue weighted by molar-refractivity contribution is 5.78. The summed E-state index contributed by atoms with van der Waals surface area (Å²) in [7, 11) is 0. The van der Waals surface area contributed by atoms with Gasteiger partial charge in [0.15, 0.2) is 6.10 Å². The Balaban J connectivity index is 2.01. The number of hydrogen-bond acceptors (Lipinski definition) is 6. The molecule has 2 heterocycles. The van der Waals surface area contributed by atoms with Gasteiger partial charge >= 0.3 is 0 Å². The van der Waals surface area contributed by atoms with Crippen LogP contribution in [0.5, 0.6) is 5.75 Å². The Kier molecular flexibility index (Phi) is 4.32. The molecule has 7 nitrogen and oxygen atoms in total.